The Morgan fingerprint density at radius 2 is 1.53 bits per heavy atom. The van der Waals surface area contributed by atoms with Crippen LogP contribution in [-0.2, 0) is 9.59 Å². The number of rotatable bonds is 10. The maximum Gasteiger partial charge on any atom is 0.238 e. The molecule has 0 aromatic heterocycles. The highest BCUT2D eigenvalue weighted by atomic mass is 16.5. The van der Waals surface area contributed by atoms with Crippen LogP contribution in [0, 0.1) is 13.8 Å². The molecule has 2 N–H and O–H groups in total. The van der Waals surface area contributed by atoms with Crippen LogP contribution in [0.5, 0.6) is 11.5 Å². The number of anilines is 2. The third-order valence-corrected chi connectivity index (χ3v) is 4.53. The van der Waals surface area contributed by atoms with Crippen molar-refractivity contribution >= 4 is 23.2 Å². The molecule has 0 fully saturated rings. The van der Waals surface area contributed by atoms with Gasteiger partial charge in [0.15, 0.2) is 11.5 Å². The fourth-order valence-electron chi connectivity index (χ4n) is 2.95. The lowest BCUT2D eigenvalue weighted by Gasteiger charge is -2.17. The van der Waals surface area contributed by atoms with Crippen molar-refractivity contribution in [3.63, 3.8) is 0 Å². The lowest BCUT2D eigenvalue weighted by Crippen LogP contribution is -2.36. The van der Waals surface area contributed by atoms with Gasteiger partial charge in [0.05, 0.1) is 26.3 Å². The van der Waals surface area contributed by atoms with Crippen molar-refractivity contribution in [2.45, 2.75) is 27.7 Å². The summed E-state index contributed by atoms with van der Waals surface area (Å²) in [4.78, 5) is 26.4. The lowest BCUT2D eigenvalue weighted by molar-refractivity contribution is -0.119. The van der Waals surface area contributed by atoms with Crippen molar-refractivity contribution in [1.29, 1.82) is 0 Å². The van der Waals surface area contributed by atoms with E-state index in [9.17, 15) is 9.59 Å². The smallest absolute Gasteiger partial charge is 0.238 e. The number of hydrogen-bond acceptors (Lipinski definition) is 5. The quantitative estimate of drug-likeness (QED) is 0.622. The molecule has 2 rings (SSSR count). The average molecular weight is 414 g/mol. The summed E-state index contributed by atoms with van der Waals surface area (Å²) in [5.41, 5.74) is 3.55. The number of hydrogen-bond donors (Lipinski definition) is 2. The number of ether oxygens (including phenoxy) is 2. The van der Waals surface area contributed by atoms with Gasteiger partial charge in [0, 0.05) is 17.4 Å². The Morgan fingerprint density at radius 3 is 2.20 bits per heavy atom. The molecule has 0 aliphatic carbocycles. The Labute approximate surface area is 178 Å². The summed E-state index contributed by atoms with van der Waals surface area (Å²) in [6.45, 7) is 8.97. The van der Waals surface area contributed by atoms with E-state index in [-0.39, 0.29) is 24.9 Å². The molecule has 0 saturated heterocycles. The molecule has 0 aliphatic heterocycles. The van der Waals surface area contributed by atoms with Crippen molar-refractivity contribution in [2.24, 2.45) is 0 Å². The van der Waals surface area contributed by atoms with Crippen LogP contribution in [0.3, 0.4) is 0 Å². The molecule has 30 heavy (non-hydrogen) atoms. The Hall–Kier alpha value is -3.06. The van der Waals surface area contributed by atoms with Gasteiger partial charge in [-0.3, -0.25) is 14.5 Å². The highest BCUT2D eigenvalue weighted by Crippen LogP contribution is 2.30. The summed E-state index contributed by atoms with van der Waals surface area (Å²) >= 11 is 0. The van der Waals surface area contributed by atoms with Gasteiger partial charge in [0.2, 0.25) is 11.8 Å². The first kappa shape index (κ1) is 23.2. The molecular formula is C23H31N3O4. The molecule has 0 spiro atoms. The van der Waals surface area contributed by atoms with E-state index in [0.717, 1.165) is 16.8 Å². The lowest BCUT2D eigenvalue weighted by atomic mass is 10.1. The summed E-state index contributed by atoms with van der Waals surface area (Å²) in [6, 6.07) is 11.0. The minimum atomic E-state index is -0.219. The SMILES string of the molecule is CCOc1ccc(NC(=O)CN(C)CC(=O)Nc2cccc(C)c2C)cc1OCC. The van der Waals surface area contributed by atoms with E-state index in [1.165, 1.54) is 0 Å². The van der Waals surface area contributed by atoms with Gasteiger partial charge in [0.25, 0.3) is 0 Å². The van der Waals surface area contributed by atoms with E-state index >= 15 is 0 Å². The normalized spacial score (nSPS) is 10.6. The molecule has 2 aromatic rings. The van der Waals surface area contributed by atoms with E-state index < -0.39 is 0 Å². The van der Waals surface area contributed by atoms with Gasteiger partial charge in [-0.15, -0.1) is 0 Å². The predicted octanol–water partition coefficient (Wildman–Crippen LogP) is 3.61. The molecule has 0 atom stereocenters. The van der Waals surface area contributed by atoms with Crippen LogP contribution in [0.1, 0.15) is 25.0 Å². The summed E-state index contributed by atoms with van der Waals surface area (Å²) in [7, 11) is 1.73. The summed E-state index contributed by atoms with van der Waals surface area (Å²) < 4.78 is 11.1. The average Bonchev–Trinajstić information content (AvgIpc) is 2.67. The van der Waals surface area contributed by atoms with E-state index in [1.54, 1.807) is 30.1 Å². The van der Waals surface area contributed by atoms with Crippen LogP contribution >= 0.6 is 0 Å². The number of carbonyl (C=O) groups excluding carboxylic acids is 2. The molecule has 7 heteroatoms. The molecule has 162 valence electrons. The van der Waals surface area contributed by atoms with E-state index in [0.29, 0.717) is 30.4 Å². The zero-order valence-corrected chi connectivity index (χ0v) is 18.4. The topological polar surface area (TPSA) is 79.9 Å². The summed E-state index contributed by atoms with van der Waals surface area (Å²) in [5, 5.41) is 5.73. The molecule has 7 nitrogen and oxygen atoms in total. The van der Waals surface area contributed by atoms with Crippen molar-refractivity contribution in [3.8, 4) is 11.5 Å². The second-order valence-electron chi connectivity index (χ2n) is 7.04. The number of likely N-dealkylation sites (N-methyl/N-ethyl adjacent to an activating group) is 1. The van der Waals surface area contributed by atoms with Crippen LogP contribution in [-0.4, -0.2) is 50.1 Å². The van der Waals surface area contributed by atoms with Crippen LogP contribution in [0.25, 0.3) is 0 Å². The number of aryl methyl sites for hydroxylation is 1. The Morgan fingerprint density at radius 1 is 0.900 bits per heavy atom. The number of amides is 2. The van der Waals surface area contributed by atoms with E-state index in [4.69, 9.17) is 9.47 Å². The molecule has 0 heterocycles. The fraction of sp³-hybridized carbons (Fsp3) is 0.391. The Bertz CT molecular complexity index is 883. The van der Waals surface area contributed by atoms with Gasteiger partial charge < -0.3 is 20.1 Å². The zero-order valence-electron chi connectivity index (χ0n) is 18.4. The molecule has 0 aliphatic rings. The first-order chi connectivity index (χ1) is 14.3. The van der Waals surface area contributed by atoms with Crippen LogP contribution in [0.2, 0.25) is 0 Å². The minimum absolute atomic E-state index is 0.0808. The third kappa shape index (κ3) is 6.77. The molecular weight excluding hydrogens is 382 g/mol. The van der Waals surface area contributed by atoms with Gasteiger partial charge >= 0.3 is 0 Å². The first-order valence-corrected chi connectivity index (χ1v) is 10.1. The standard InChI is InChI=1S/C23H31N3O4/c1-6-29-20-12-11-18(13-21(20)30-7-2)24-22(27)14-26(5)15-23(28)25-19-10-8-9-16(3)17(19)4/h8-13H,6-7,14-15H2,1-5H3,(H,24,27)(H,25,28). The largest absolute Gasteiger partial charge is 0.490 e. The van der Waals surface area contributed by atoms with Gasteiger partial charge in [-0.05, 0) is 64.1 Å². The molecule has 0 radical (unpaired) electrons. The van der Waals surface area contributed by atoms with Crippen molar-refractivity contribution in [2.75, 3.05) is 44.0 Å². The summed E-state index contributed by atoms with van der Waals surface area (Å²) in [6.07, 6.45) is 0. The number of nitrogens with zero attached hydrogens (tertiary/aromatic N) is 1. The van der Waals surface area contributed by atoms with Crippen LogP contribution in [0.4, 0.5) is 11.4 Å². The third-order valence-electron chi connectivity index (χ3n) is 4.53. The number of carbonyl (C=O) groups is 2. The maximum absolute atomic E-state index is 12.4. The first-order valence-electron chi connectivity index (χ1n) is 10.1. The van der Waals surface area contributed by atoms with E-state index in [2.05, 4.69) is 10.6 Å². The second-order valence-corrected chi connectivity index (χ2v) is 7.04. The molecule has 0 saturated carbocycles. The van der Waals surface area contributed by atoms with Crippen molar-refractivity contribution < 1.29 is 19.1 Å². The minimum Gasteiger partial charge on any atom is -0.490 e. The second kappa shape index (κ2) is 11.2. The fourth-order valence-corrected chi connectivity index (χ4v) is 2.95. The molecule has 2 amide bonds. The monoisotopic (exact) mass is 413 g/mol. The van der Waals surface area contributed by atoms with Crippen molar-refractivity contribution in [3.05, 3.63) is 47.5 Å². The Kier molecular flexibility index (Phi) is 8.68. The van der Waals surface area contributed by atoms with E-state index in [1.807, 2.05) is 45.9 Å². The number of nitrogens with one attached hydrogen (secondary N) is 2. The highest BCUT2D eigenvalue weighted by Gasteiger charge is 2.13. The predicted molar refractivity (Wildman–Crippen MR) is 119 cm³/mol. The summed E-state index contributed by atoms with van der Waals surface area (Å²) in [5.74, 6) is 0.832. The van der Waals surface area contributed by atoms with Gasteiger partial charge in [-0.2, -0.15) is 0 Å². The van der Waals surface area contributed by atoms with Crippen LogP contribution in [0.15, 0.2) is 36.4 Å². The molecule has 0 unspecified atom stereocenters. The zero-order chi connectivity index (χ0) is 22.1. The van der Waals surface area contributed by atoms with Gasteiger partial charge in [-0.25, -0.2) is 0 Å². The number of benzene rings is 2. The van der Waals surface area contributed by atoms with Gasteiger partial charge in [0.1, 0.15) is 0 Å². The maximum atomic E-state index is 12.4. The van der Waals surface area contributed by atoms with Crippen LogP contribution < -0.4 is 20.1 Å². The molecule has 2 aromatic carbocycles. The Balaban J connectivity index is 1.90. The molecule has 0 bridgehead atoms. The van der Waals surface area contributed by atoms with Crippen molar-refractivity contribution in [1.82, 2.24) is 4.90 Å². The van der Waals surface area contributed by atoms with Gasteiger partial charge in [-0.1, -0.05) is 12.1 Å². The highest BCUT2D eigenvalue weighted by molar-refractivity contribution is 5.95.